The summed E-state index contributed by atoms with van der Waals surface area (Å²) in [5.74, 6) is -5.49. The normalized spacial score (nSPS) is 21.5. The molecule has 0 bridgehead atoms. The van der Waals surface area contributed by atoms with E-state index in [4.69, 9.17) is 14.2 Å². The number of methoxy groups -OCH3 is 2. The molecule has 5 rings (SSSR count). The van der Waals surface area contributed by atoms with E-state index in [1.165, 1.54) is 14.2 Å². The summed E-state index contributed by atoms with van der Waals surface area (Å²) in [6.45, 7) is -0.153. The zero-order chi connectivity index (χ0) is 30.5. The molecule has 8 nitrogen and oxygen atoms in total. The smallest absolute Gasteiger partial charge is 0.336 e. The van der Waals surface area contributed by atoms with E-state index in [0.29, 0.717) is 21.7 Å². The quantitative estimate of drug-likeness (QED) is 0.172. The molecule has 43 heavy (non-hydrogen) atoms. The fourth-order valence-electron chi connectivity index (χ4n) is 5.94. The minimum atomic E-state index is -4.24. The largest absolute Gasteiger partial charge is 0.469 e. The van der Waals surface area contributed by atoms with Gasteiger partial charge < -0.3 is 18.8 Å². The van der Waals surface area contributed by atoms with Gasteiger partial charge in [-0.15, -0.1) is 0 Å². The van der Waals surface area contributed by atoms with Gasteiger partial charge in [-0.2, -0.15) is 0 Å². The molecule has 1 saturated heterocycles. The van der Waals surface area contributed by atoms with E-state index in [1.807, 2.05) is 24.3 Å². The fraction of sp³-hybridized carbons (Fsp3) is 0.206. The van der Waals surface area contributed by atoms with Crippen molar-refractivity contribution in [1.29, 1.82) is 0 Å². The number of hydrogen-bond donors (Lipinski definition) is 1. The Kier molecular flexibility index (Phi) is 8.90. The molecule has 0 amide bonds. The average Bonchev–Trinajstić information content (AvgIpc) is 3.45. The number of benzene rings is 4. The van der Waals surface area contributed by atoms with Crippen molar-refractivity contribution in [2.24, 2.45) is 11.8 Å². The molecule has 9 heteroatoms. The third kappa shape index (κ3) is 5.29. The van der Waals surface area contributed by atoms with Crippen LogP contribution in [0, 0.1) is 11.8 Å². The molecule has 0 aromatic heterocycles. The van der Waals surface area contributed by atoms with Gasteiger partial charge in [-0.1, -0.05) is 121 Å². The summed E-state index contributed by atoms with van der Waals surface area (Å²) in [4.78, 5) is 42.3. The average molecular weight is 598 g/mol. The van der Waals surface area contributed by atoms with Crippen molar-refractivity contribution in [2.45, 2.75) is 17.9 Å². The molecule has 0 aliphatic carbocycles. The molecule has 1 aliphatic rings. The van der Waals surface area contributed by atoms with E-state index in [1.54, 1.807) is 97.1 Å². The molecule has 0 unspecified atom stereocenters. The third-order valence-electron chi connectivity index (χ3n) is 7.89. The standard InChI is InChI=1S/C34H32NO7P/c1-40-31(36)28-29(32(37)41-2)34(35-30(28)25-17-9-4-10-18-25,33(38)42-23-24-15-7-3-8-16-24)43(39,26-19-11-5-12-20-26)27-21-13-6-14-22-27/h3-22,28-30,35H,23H2,1-2H3/t28-,29-,30-,34-/m1/s1. The molecule has 1 aliphatic heterocycles. The van der Waals surface area contributed by atoms with Gasteiger partial charge in [0.1, 0.15) is 12.5 Å². The van der Waals surface area contributed by atoms with Gasteiger partial charge in [0, 0.05) is 16.7 Å². The maximum Gasteiger partial charge on any atom is 0.336 e. The first-order valence-corrected chi connectivity index (χ1v) is 15.5. The van der Waals surface area contributed by atoms with Gasteiger partial charge in [-0.25, -0.2) is 4.79 Å². The van der Waals surface area contributed by atoms with Crippen LogP contribution < -0.4 is 15.9 Å². The lowest BCUT2D eigenvalue weighted by Gasteiger charge is -2.40. The number of nitrogens with one attached hydrogen (secondary N) is 1. The van der Waals surface area contributed by atoms with Crippen LogP contribution in [0.1, 0.15) is 17.2 Å². The first-order chi connectivity index (χ1) is 20.9. The molecule has 1 fully saturated rings. The highest BCUT2D eigenvalue weighted by atomic mass is 31.2. The molecular weight excluding hydrogens is 565 g/mol. The Labute approximate surface area is 250 Å². The highest BCUT2D eigenvalue weighted by Crippen LogP contribution is 2.65. The lowest BCUT2D eigenvalue weighted by molar-refractivity contribution is -0.162. The summed E-state index contributed by atoms with van der Waals surface area (Å²) in [6, 6.07) is 34.0. The van der Waals surface area contributed by atoms with Gasteiger partial charge in [0.05, 0.1) is 20.1 Å². The number of carbonyl (C=O) groups excluding carboxylic acids is 3. The molecule has 4 aromatic carbocycles. The van der Waals surface area contributed by atoms with Crippen LogP contribution in [-0.4, -0.2) is 37.4 Å². The van der Waals surface area contributed by atoms with E-state index in [9.17, 15) is 14.4 Å². The van der Waals surface area contributed by atoms with Gasteiger partial charge in [0.15, 0.2) is 12.4 Å². The Balaban J connectivity index is 1.83. The Morgan fingerprint density at radius 2 is 1.16 bits per heavy atom. The van der Waals surface area contributed by atoms with Crippen LogP contribution in [0.15, 0.2) is 121 Å². The molecule has 1 heterocycles. The topological polar surface area (TPSA) is 108 Å². The highest BCUT2D eigenvalue weighted by Gasteiger charge is 2.73. The first kappa shape index (κ1) is 30.0. The fourth-order valence-corrected chi connectivity index (χ4v) is 9.54. The summed E-state index contributed by atoms with van der Waals surface area (Å²) in [7, 11) is -1.86. The number of ether oxygens (including phenoxy) is 3. The van der Waals surface area contributed by atoms with Crippen molar-refractivity contribution in [2.75, 3.05) is 14.2 Å². The van der Waals surface area contributed by atoms with Gasteiger partial charge in [0.2, 0.25) is 0 Å². The molecule has 0 saturated carbocycles. The zero-order valence-corrected chi connectivity index (χ0v) is 24.7. The molecular formula is C34H32NO7P. The van der Waals surface area contributed by atoms with Crippen LogP contribution in [0.25, 0.3) is 0 Å². The minimum absolute atomic E-state index is 0.153. The van der Waals surface area contributed by atoms with Gasteiger partial charge >= 0.3 is 17.9 Å². The highest BCUT2D eigenvalue weighted by molar-refractivity contribution is 7.81. The summed E-state index contributed by atoms with van der Waals surface area (Å²) < 4.78 is 32.5. The number of hydrogen-bond acceptors (Lipinski definition) is 8. The minimum Gasteiger partial charge on any atom is -0.469 e. The molecule has 0 spiro atoms. The van der Waals surface area contributed by atoms with Gasteiger partial charge in [-0.3, -0.25) is 14.9 Å². The van der Waals surface area contributed by atoms with E-state index in [0.717, 1.165) is 0 Å². The van der Waals surface area contributed by atoms with Crippen molar-refractivity contribution in [1.82, 2.24) is 5.32 Å². The zero-order valence-electron chi connectivity index (χ0n) is 23.8. The second-order valence-corrected chi connectivity index (χ2v) is 13.1. The van der Waals surface area contributed by atoms with E-state index >= 15 is 4.57 Å². The summed E-state index contributed by atoms with van der Waals surface area (Å²) in [5, 5.41) is 1.62. The number of esters is 3. The maximum atomic E-state index is 16.1. The van der Waals surface area contributed by atoms with Crippen molar-refractivity contribution in [3.8, 4) is 0 Å². The van der Waals surface area contributed by atoms with Crippen LogP contribution in [0.2, 0.25) is 0 Å². The Hall–Kier alpha value is -4.52. The predicted molar refractivity (Wildman–Crippen MR) is 162 cm³/mol. The first-order valence-electron chi connectivity index (χ1n) is 13.8. The summed E-state index contributed by atoms with van der Waals surface area (Å²) >= 11 is 0. The Morgan fingerprint density at radius 3 is 1.65 bits per heavy atom. The predicted octanol–water partition coefficient (Wildman–Crippen LogP) is 4.36. The molecule has 220 valence electrons. The Bertz CT molecular complexity index is 1570. The lowest BCUT2D eigenvalue weighted by atomic mass is 9.84. The molecule has 4 aromatic rings. The summed E-state index contributed by atoms with van der Waals surface area (Å²) in [5.41, 5.74) is 1.29. The summed E-state index contributed by atoms with van der Waals surface area (Å²) in [6.07, 6.45) is 0. The maximum absolute atomic E-state index is 16.1. The van der Waals surface area contributed by atoms with Crippen LogP contribution >= 0.6 is 7.14 Å². The van der Waals surface area contributed by atoms with Crippen LogP contribution in [0.3, 0.4) is 0 Å². The number of carbonyl (C=O) groups is 3. The van der Waals surface area contributed by atoms with E-state index < -0.39 is 48.2 Å². The van der Waals surface area contributed by atoms with Crippen molar-refractivity contribution < 1.29 is 33.2 Å². The molecule has 4 atom stereocenters. The second-order valence-electron chi connectivity index (χ2n) is 10.2. The lowest BCUT2D eigenvalue weighted by Crippen LogP contribution is -2.59. The van der Waals surface area contributed by atoms with Crippen LogP contribution in [0.4, 0.5) is 0 Å². The third-order valence-corrected chi connectivity index (χ3v) is 11.5. The van der Waals surface area contributed by atoms with Crippen molar-refractivity contribution in [3.05, 3.63) is 132 Å². The number of rotatable bonds is 9. The van der Waals surface area contributed by atoms with Gasteiger partial charge in [0.25, 0.3) is 0 Å². The van der Waals surface area contributed by atoms with Crippen molar-refractivity contribution in [3.63, 3.8) is 0 Å². The van der Waals surface area contributed by atoms with E-state index in [2.05, 4.69) is 5.32 Å². The molecule has 0 radical (unpaired) electrons. The molecule has 1 N–H and O–H groups in total. The van der Waals surface area contributed by atoms with Crippen molar-refractivity contribution >= 4 is 35.7 Å². The van der Waals surface area contributed by atoms with Crippen LogP contribution in [-0.2, 0) is 39.8 Å². The van der Waals surface area contributed by atoms with E-state index in [-0.39, 0.29) is 6.61 Å². The SMILES string of the molecule is COC(=O)[C@H]1[C@@H](c2ccccc2)N[C@@](C(=O)OCc2ccccc2)(P(=O)(c2ccccc2)c2ccccc2)[C@H]1C(=O)OC. The van der Waals surface area contributed by atoms with Gasteiger partial charge in [-0.05, 0) is 11.1 Å². The second kappa shape index (κ2) is 12.8. The monoisotopic (exact) mass is 597 g/mol. The Morgan fingerprint density at radius 1 is 0.698 bits per heavy atom. The van der Waals surface area contributed by atoms with Crippen LogP contribution in [0.5, 0.6) is 0 Å².